The number of ether oxygens (including phenoxy) is 1. The first kappa shape index (κ1) is 22.4. The average molecular weight is 513 g/mol. The van der Waals surface area contributed by atoms with Crippen molar-refractivity contribution in [3.05, 3.63) is 35.3 Å². The number of fused-ring (bicyclic) bond motifs is 2. The molecule has 0 saturated carbocycles. The Bertz CT molecular complexity index is 1540. The lowest BCUT2D eigenvalue weighted by molar-refractivity contribution is 0.0798. The molecule has 5 heterocycles. The molecule has 0 bridgehead atoms. The van der Waals surface area contributed by atoms with Crippen molar-refractivity contribution in [2.45, 2.75) is 11.7 Å². The Morgan fingerprint density at radius 2 is 2.03 bits per heavy atom. The molecule has 10 nitrogen and oxygen atoms in total. The molecular weight excluding hydrogens is 488 g/mol. The summed E-state index contributed by atoms with van der Waals surface area (Å²) in [5.41, 5.74) is 2.46. The Hall–Kier alpha value is -3.09. The Morgan fingerprint density at radius 1 is 1.20 bits per heavy atom. The van der Waals surface area contributed by atoms with Gasteiger partial charge in [0.25, 0.3) is 5.91 Å². The topological polar surface area (TPSA) is 121 Å². The van der Waals surface area contributed by atoms with E-state index in [1.165, 1.54) is 17.6 Å². The van der Waals surface area contributed by atoms with Crippen molar-refractivity contribution in [3.63, 3.8) is 0 Å². The fraction of sp³-hybridized carbons (Fsp3) is 0.391. The summed E-state index contributed by atoms with van der Waals surface area (Å²) in [6.45, 7) is 3.27. The van der Waals surface area contributed by atoms with Crippen LogP contribution in [0.25, 0.3) is 32.5 Å². The van der Waals surface area contributed by atoms with Gasteiger partial charge in [-0.2, -0.15) is 5.10 Å². The Balaban J connectivity index is 1.44. The lowest BCUT2D eigenvalue weighted by atomic mass is 10.1. The van der Waals surface area contributed by atoms with Crippen molar-refractivity contribution in [2.75, 3.05) is 50.5 Å². The van der Waals surface area contributed by atoms with Crippen LogP contribution in [-0.4, -0.2) is 90.3 Å². The second kappa shape index (κ2) is 8.54. The monoisotopic (exact) mass is 512 g/mol. The van der Waals surface area contributed by atoms with Crippen molar-refractivity contribution < 1.29 is 17.9 Å². The van der Waals surface area contributed by atoms with E-state index in [1.807, 2.05) is 18.2 Å². The fourth-order valence-electron chi connectivity index (χ4n) is 4.71. The summed E-state index contributed by atoms with van der Waals surface area (Å²) < 4.78 is 30.3. The fourth-order valence-corrected chi connectivity index (χ4v) is 6.78. The zero-order valence-corrected chi connectivity index (χ0v) is 20.7. The van der Waals surface area contributed by atoms with Crippen molar-refractivity contribution in [2.24, 2.45) is 0 Å². The van der Waals surface area contributed by atoms with Gasteiger partial charge in [0.2, 0.25) is 0 Å². The van der Waals surface area contributed by atoms with Crippen LogP contribution in [0.4, 0.5) is 5.82 Å². The maximum absolute atomic E-state index is 13.3. The molecule has 3 aromatic heterocycles. The maximum Gasteiger partial charge on any atom is 0.264 e. The average Bonchev–Trinajstić information content (AvgIpc) is 3.62. The summed E-state index contributed by atoms with van der Waals surface area (Å²) in [5, 5.41) is 7.56. The van der Waals surface area contributed by atoms with Crippen LogP contribution in [0.1, 0.15) is 16.1 Å². The molecule has 1 atom stereocenters. The first-order chi connectivity index (χ1) is 16.9. The molecule has 1 amide bonds. The van der Waals surface area contributed by atoms with E-state index in [-0.39, 0.29) is 12.5 Å². The van der Waals surface area contributed by atoms with E-state index in [1.54, 1.807) is 17.2 Å². The zero-order chi connectivity index (χ0) is 24.2. The molecule has 12 heteroatoms. The van der Waals surface area contributed by atoms with Crippen molar-refractivity contribution in [1.29, 1.82) is 0 Å². The maximum atomic E-state index is 13.3. The van der Waals surface area contributed by atoms with Crippen LogP contribution in [0.15, 0.2) is 30.5 Å². The van der Waals surface area contributed by atoms with Crippen LogP contribution in [0, 0.1) is 0 Å². The van der Waals surface area contributed by atoms with Gasteiger partial charge in [-0.25, -0.2) is 18.4 Å². The van der Waals surface area contributed by atoms with Gasteiger partial charge in [-0.3, -0.25) is 9.89 Å². The lowest BCUT2D eigenvalue weighted by Gasteiger charge is -2.28. The number of thiophene rings is 1. The molecule has 0 spiro atoms. The van der Waals surface area contributed by atoms with E-state index in [9.17, 15) is 13.2 Å². The van der Waals surface area contributed by atoms with Crippen LogP contribution in [0.5, 0.6) is 0 Å². The number of nitrogens with one attached hydrogen (secondary N) is 1. The Labute approximate surface area is 205 Å². The summed E-state index contributed by atoms with van der Waals surface area (Å²) in [7, 11) is -3.19. The van der Waals surface area contributed by atoms with Gasteiger partial charge in [0.15, 0.2) is 21.5 Å². The van der Waals surface area contributed by atoms with Crippen LogP contribution in [0.3, 0.4) is 0 Å². The molecule has 4 aromatic rings. The summed E-state index contributed by atoms with van der Waals surface area (Å²) in [4.78, 5) is 27.5. The SMILES string of the molecule is CS(=O)(=O)C1CCN(C(=O)c2cc3nc(-c4cccc5[nH]ncc45)nc(N4CCOCC4)c3s2)C1. The Morgan fingerprint density at radius 3 is 2.80 bits per heavy atom. The first-order valence-corrected chi connectivity index (χ1v) is 14.2. The number of carbonyl (C=O) groups is 1. The zero-order valence-electron chi connectivity index (χ0n) is 19.1. The van der Waals surface area contributed by atoms with Crippen molar-refractivity contribution in [3.8, 4) is 11.4 Å². The largest absolute Gasteiger partial charge is 0.378 e. The number of aromatic amines is 1. The van der Waals surface area contributed by atoms with Gasteiger partial charge in [-0.1, -0.05) is 12.1 Å². The molecule has 35 heavy (non-hydrogen) atoms. The minimum atomic E-state index is -3.19. The third kappa shape index (κ3) is 4.05. The molecule has 2 aliphatic heterocycles. The number of amides is 1. The number of nitrogens with zero attached hydrogens (tertiary/aromatic N) is 5. The molecule has 0 aliphatic carbocycles. The molecule has 182 valence electrons. The number of aromatic nitrogens is 4. The van der Waals surface area contributed by atoms with Crippen LogP contribution in [-0.2, 0) is 14.6 Å². The normalized spacial score (nSPS) is 19.2. The summed E-state index contributed by atoms with van der Waals surface area (Å²) in [6.07, 6.45) is 3.46. The molecule has 2 fully saturated rings. The van der Waals surface area contributed by atoms with Crippen molar-refractivity contribution >= 4 is 54.0 Å². The molecular formula is C23H24N6O4S2. The molecule has 1 N–H and O–H groups in total. The third-order valence-corrected chi connectivity index (χ3v) is 9.34. The van der Waals surface area contributed by atoms with Crippen molar-refractivity contribution in [1.82, 2.24) is 25.1 Å². The van der Waals surface area contributed by atoms with Gasteiger partial charge < -0.3 is 14.5 Å². The second-order valence-corrected chi connectivity index (χ2v) is 12.3. The van der Waals surface area contributed by atoms with Gasteiger partial charge >= 0.3 is 0 Å². The highest BCUT2D eigenvalue weighted by Gasteiger charge is 2.34. The summed E-state index contributed by atoms with van der Waals surface area (Å²) in [5.74, 6) is 1.19. The predicted octanol–water partition coefficient (Wildman–Crippen LogP) is 2.33. The van der Waals surface area contributed by atoms with Crippen LogP contribution >= 0.6 is 11.3 Å². The van der Waals surface area contributed by atoms with E-state index in [2.05, 4.69) is 15.1 Å². The minimum absolute atomic E-state index is 0.162. The Kier molecular flexibility index (Phi) is 5.46. The van der Waals surface area contributed by atoms with Gasteiger partial charge in [0, 0.05) is 43.4 Å². The lowest BCUT2D eigenvalue weighted by Crippen LogP contribution is -2.36. The number of anilines is 1. The van der Waals surface area contributed by atoms with E-state index >= 15 is 0 Å². The number of benzene rings is 1. The molecule has 0 radical (unpaired) electrons. The quantitative estimate of drug-likeness (QED) is 0.442. The molecule has 1 aromatic carbocycles. The van der Waals surface area contributed by atoms with E-state index in [0.717, 1.165) is 27.0 Å². The van der Waals surface area contributed by atoms with Crippen LogP contribution < -0.4 is 4.90 Å². The van der Waals surface area contributed by atoms with E-state index in [0.29, 0.717) is 55.5 Å². The first-order valence-electron chi connectivity index (χ1n) is 11.4. The number of morpholine rings is 1. The predicted molar refractivity (Wildman–Crippen MR) is 135 cm³/mol. The van der Waals surface area contributed by atoms with Crippen LogP contribution in [0.2, 0.25) is 0 Å². The third-order valence-electron chi connectivity index (χ3n) is 6.64. The number of H-pyrrole nitrogens is 1. The second-order valence-electron chi connectivity index (χ2n) is 8.92. The number of hydrogen-bond acceptors (Lipinski definition) is 9. The highest BCUT2D eigenvalue weighted by Crippen LogP contribution is 2.36. The van der Waals surface area contributed by atoms with Gasteiger partial charge in [0.05, 0.1) is 45.3 Å². The highest BCUT2D eigenvalue weighted by atomic mass is 32.2. The molecule has 1 unspecified atom stereocenters. The summed E-state index contributed by atoms with van der Waals surface area (Å²) in [6, 6.07) is 7.66. The number of hydrogen-bond donors (Lipinski definition) is 1. The molecule has 2 saturated heterocycles. The molecule has 2 aliphatic rings. The number of sulfone groups is 1. The van der Waals surface area contributed by atoms with Gasteiger partial charge in [-0.15, -0.1) is 11.3 Å². The number of rotatable bonds is 4. The molecule has 6 rings (SSSR count). The standard InChI is InChI=1S/C23H24N6O4S2/c1-35(31,32)14-5-6-29(13-14)23(30)19-11-18-20(34-19)22(28-7-9-33-10-8-28)26-21(25-18)15-3-2-4-17-16(15)12-24-27-17/h2-4,11-12,14H,5-10,13H2,1H3,(H,24,27). The van der Waals surface area contributed by atoms with Gasteiger partial charge in [0.1, 0.15) is 0 Å². The van der Waals surface area contributed by atoms with E-state index < -0.39 is 15.1 Å². The van der Waals surface area contributed by atoms with Gasteiger partial charge in [-0.05, 0) is 18.6 Å². The smallest absolute Gasteiger partial charge is 0.264 e. The summed E-state index contributed by atoms with van der Waals surface area (Å²) >= 11 is 1.36. The number of carbonyl (C=O) groups excluding carboxylic acids is 1. The minimum Gasteiger partial charge on any atom is -0.378 e. The highest BCUT2D eigenvalue weighted by molar-refractivity contribution is 7.91. The van der Waals surface area contributed by atoms with E-state index in [4.69, 9.17) is 14.7 Å². The number of likely N-dealkylation sites (tertiary alicyclic amines) is 1.